The normalized spacial score (nSPS) is 21.1. The zero-order valence-corrected chi connectivity index (χ0v) is 23.3. The highest BCUT2D eigenvalue weighted by molar-refractivity contribution is 6.32. The Hall–Kier alpha value is -2.80. The molecule has 7 nitrogen and oxygen atoms in total. The first-order valence-corrected chi connectivity index (χ1v) is 13.2. The summed E-state index contributed by atoms with van der Waals surface area (Å²) in [5.74, 6) is -1.23. The Bertz CT molecular complexity index is 1170. The second-order valence-corrected chi connectivity index (χ2v) is 12.3. The maximum Gasteiger partial charge on any atom is 0.341 e. The summed E-state index contributed by atoms with van der Waals surface area (Å²) in [6.45, 7) is 10.7. The highest BCUT2D eigenvalue weighted by Crippen LogP contribution is 2.55. The van der Waals surface area contributed by atoms with Crippen molar-refractivity contribution >= 4 is 29.1 Å². The van der Waals surface area contributed by atoms with E-state index in [1.165, 1.54) is 7.11 Å². The maximum atomic E-state index is 13.8. The van der Waals surface area contributed by atoms with Gasteiger partial charge >= 0.3 is 5.97 Å². The molecule has 1 aromatic rings. The summed E-state index contributed by atoms with van der Waals surface area (Å²) >= 11 is 6.60. The number of methoxy groups -OCH3 is 1. The van der Waals surface area contributed by atoms with E-state index in [1.807, 2.05) is 0 Å². The van der Waals surface area contributed by atoms with E-state index < -0.39 is 18.5 Å². The monoisotopic (exact) mass is 529 g/mol. The molecular formula is C29H36ClNO6. The molecule has 200 valence electrons. The second-order valence-electron chi connectivity index (χ2n) is 11.9. The average molecular weight is 530 g/mol. The summed E-state index contributed by atoms with van der Waals surface area (Å²) < 4.78 is 10.9. The minimum atomic E-state index is -1.14. The fraction of sp³-hybridized carbons (Fsp3) is 0.552. The van der Waals surface area contributed by atoms with Crippen LogP contribution in [0.2, 0.25) is 5.02 Å². The van der Waals surface area contributed by atoms with Crippen LogP contribution < -0.4 is 9.47 Å². The third-order valence-electron chi connectivity index (χ3n) is 7.39. The molecule has 1 N–H and O–H groups in total. The zero-order chi connectivity index (χ0) is 27.3. The van der Waals surface area contributed by atoms with Crippen molar-refractivity contribution in [3.05, 3.63) is 45.3 Å². The molecule has 0 atom stereocenters. The number of ketones is 2. The van der Waals surface area contributed by atoms with Crippen molar-refractivity contribution in [1.82, 2.24) is 4.90 Å². The first-order valence-electron chi connectivity index (χ1n) is 12.8. The van der Waals surface area contributed by atoms with E-state index in [4.69, 9.17) is 26.2 Å². The molecule has 37 heavy (non-hydrogen) atoms. The fourth-order valence-electron chi connectivity index (χ4n) is 6.06. The van der Waals surface area contributed by atoms with Gasteiger partial charge in [0.15, 0.2) is 29.7 Å². The first kappa shape index (κ1) is 27.2. The molecular weight excluding hydrogens is 494 g/mol. The Morgan fingerprint density at radius 3 is 2.03 bits per heavy atom. The zero-order valence-electron chi connectivity index (χ0n) is 22.5. The van der Waals surface area contributed by atoms with Crippen LogP contribution in [-0.2, 0) is 14.4 Å². The predicted molar refractivity (Wildman–Crippen MR) is 141 cm³/mol. The topological polar surface area (TPSA) is 93.1 Å². The number of carbonyl (C=O) groups excluding carboxylic acids is 2. The molecule has 0 unspecified atom stereocenters. The van der Waals surface area contributed by atoms with Crippen molar-refractivity contribution in [2.75, 3.05) is 20.3 Å². The van der Waals surface area contributed by atoms with Gasteiger partial charge < -0.3 is 19.5 Å². The molecule has 2 aliphatic carbocycles. The van der Waals surface area contributed by atoms with E-state index in [-0.39, 0.29) is 38.9 Å². The van der Waals surface area contributed by atoms with E-state index in [9.17, 15) is 14.4 Å². The Morgan fingerprint density at radius 2 is 1.57 bits per heavy atom. The molecule has 0 saturated heterocycles. The molecule has 0 aromatic heterocycles. The molecule has 0 saturated carbocycles. The third kappa shape index (κ3) is 5.15. The van der Waals surface area contributed by atoms with Crippen LogP contribution >= 0.6 is 11.6 Å². The Morgan fingerprint density at radius 1 is 1.03 bits per heavy atom. The smallest absolute Gasteiger partial charge is 0.341 e. The molecule has 1 aliphatic heterocycles. The van der Waals surface area contributed by atoms with Gasteiger partial charge in [-0.3, -0.25) is 9.59 Å². The molecule has 0 radical (unpaired) electrons. The lowest BCUT2D eigenvalue weighted by Crippen LogP contribution is -2.44. The quantitative estimate of drug-likeness (QED) is 0.469. The summed E-state index contributed by atoms with van der Waals surface area (Å²) in [6, 6.07) is 3.40. The number of hydrogen-bond donors (Lipinski definition) is 1. The van der Waals surface area contributed by atoms with Crippen molar-refractivity contribution < 1.29 is 29.0 Å². The van der Waals surface area contributed by atoms with Crippen molar-refractivity contribution in [3.8, 4) is 11.5 Å². The molecule has 3 aliphatic rings. The van der Waals surface area contributed by atoms with Crippen LogP contribution in [0.15, 0.2) is 34.7 Å². The van der Waals surface area contributed by atoms with Gasteiger partial charge in [-0.25, -0.2) is 4.79 Å². The lowest BCUT2D eigenvalue weighted by molar-refractivity contribution is -0.139. The van der Waals surface area contributed by atoms with E-state index >= 15 is 0 Å². The molecule has 0 amide bonds. The number of carboxylic acids is 1. The minimum absolute atomic E-state index is 0.0443. The summed E-state index contributed by atoms with van der Waals surface area (Å²) in [7, 11) is 1.45. The van der Waals surface area contributed by atoms with Gasteiger partial charge in [-0.15, -0.1) is 0 Å². The van der Waals surface area contributed by atoms with Gasteiger partial charge in [-0.1, -0.05) is 46.2 Å². The van der Waals surface area contributed by atoms with Crippen LogP contribution in [0.3, 0.4) is 0 Å². The summed E-state index contributed by atoms with van der Waals surface area (Å²) in [4.78, 5) is 40.9. The maximum absolute atomic E-state index is 13.8. The molecule has 0 bridgehead atoms. The average Bonchev–Trinajstić information content (AvgIpc) is 2.77. The number of carboxylic acid groups (broad SMARTS) is 1. The number of ether oxygens (including phenoxy) is 2. The highest BCUT2D eigenvalue weighted by Gasteiger charge is 2.49. The number of nitrogens with zero attached hydrogens (tertiary/aromatic N) is 1. The van der Waals surface area contributed by atoms with Gasteiger partial charge in [-0.05, 0) is 47.8 Å². The van der Waals surface area contributed by atoms with Crippen LogP contribution in [0.25, 0.3) is 0 Å². The number of rotatable bonds is 7. The van der Waals surface area contributed by atoms with E-state index in [0.717, 1.165) is 37.2 Å². The van der Waals surface area contributed by atoms with Crippen molar-refractivity contribution in [2.24, 2.45) is 10.8 Å². The van der Waals surface area contributed by atoms with Gasteiger partial charge in [-0.2, -0.15) is 0 Å². The number of halogens is 1. The number of Topliss-reactive ketones (excluding diaryl/α,β-unsaturated/α-hetero) is 2. The van der Waals surface area contributed by atoms with Crippen LogP contribution in [0.1, 0.15) is 78.2 Å². The fourth-order valence-corrected chi connectivity index (χ4v) is 6.33. The Kier molecular flexibility index (Phi) is 7.23. The number of aliphatic carboxylic acids is 1. The summed E-state index contributed by atoms with van der Waals surface area (Å²) in [5, 5.41) is 9.23. The number of benzene rings is 1. The summed E-state index contributed by atoms with van der Waals surface area (Å²) in [6.07, 6.45) is 3.16. The minimum Gasteiger partial charge on any atom is -0.493 e. The predicted octanol–water partition coefficient (Wildman–Crippen LogP) is 5.91. The molecule has 4 rings (SSSR count). The highest BCUT2D eigenvalue weighted by atomic mass is 35.5. The van der Waals surface area contributed by atoms with Crippen molar-refractivity contribution in [3.63, 3.8) is 0 Å². The van der Waals surface area contributed by atoms with Crippen LogP contribution in [0.5, 0.6) is 11.5 Å². The number of hydrogen-bond acceptors (Lipinski definition) is 6. The Labute approximate surface area is 223 Å². The second kappa shape index (κ2) is 9.82. The van der Waals surface area contributed by atoms with Crippen molar-refractivity contribution in [2.45, 2.75) is 72.6 Å². The van der Waals surface area contributed by atoms with E-state index in [2.05, 4.69) is 39.5 Å². The van der Waals surface area contributed by atoms with Crippen LogP contribution in [0.4, 0.5) is 0 Å². The van der Waals surface area contributed by atoms with Gasteiger partial charge in [0, 0.05) is 47.8 Å². The number of allylic oxidation sites excluding steroid dienone is 4. The van der Waals surface area contributed by atoms with Gasteiger partial charge in [0.05, 0.1) is 12.1 Å². The van der Waals surface area contributed by atoms with Gasteiger partial charge in [0.1, 0.15) is 0 Å². The molecule has 1 aromatic carbocycles. The van der Waals surface area contributed by atoms with E-state index in [1.54, 1.807) is 12.1 Å². The van der Waals surface area contributed by atoms with Gasteiger partial charge in [0.25, 0.3) is 0 Å². The molecule has 8 heteroatoms. The first-order chi connectivity index (χ1) is 17.3. The third-order valence-corrected chi connectivity index (χ3v) is 7.67. The van der Waals surface area contributed by atoms with Crippen LogP contribution in [-0.4, -0.2) is 47.8 Å². The largest absolute Gasteiger partial charge is 0.493 e. The summed E-state index contributed by atoms with van der Waals surface area (Å²) in [5.41, 5.74) is 3.61. The lowest BCUT2D eigenvalue weighted by Gasteiger charge is -2.49. The molecule has 0 fully saturated rings. The van der Waals surface area contributed by atoms with Crippen molar-refractivity contribution in [1.29, 1.82) is 0 Å². The molecule has 1 heterocycles. The van der Waals surface area contributed by atoms with E-state index in [0.29, 0.717) is 29.6 Å². The standard InChI is InChI=1S/C29H36ClNO6/c1-7-8-31-18-11-28(2,3)13-20(32)25(18)24(26-19(31)12-29(4,5)14-21(26)33)16-9-17(30)27(22(10-16)36-6)37-15-23(34)35/h9-10,24H,7-8,11-15H2,1-6H3,(H,34,35). The van der Waals surface area contributed by atoms with Crippen LogP contribution in [0, 0.1) is 10.8 Å². The van der Waals surface area contributed by atoms with Gasteiger partial charge in [0.2, 0.25) is 0 Å². The lowest BCUT2D eigenvalue weighted by atomic mass is 9.63. The SMILES string of the molecule is CCCN1C2=C(C(=O)CC(C)(C)C2)C(c2cc(Cl)c(OCC(=O)O)c(OC)c2)C2=C1CC(C)(C)CC2=O. The number of carbonyl (C=O) groups is 3. The molecule has 0 spiro atoms. The Balaban J connectivity index is 1.97.